The topological polar surface area (TPSA) is 15.7 Å². The molecule has 0 unspecified atom stereocenters. The van der Waals surface area contributed by atoms with Crippen LogP contribution in [0.4, 0.5) is 8.78 Å². The number of methoxy groups -OCH3 is 1. The molecule has 0 aromatic rings. The van der Waals surface area contributed by atoms with Gasteiger partial charge in [0.25, 0.3) is 6.43 Å². The predicted molar refractivity (Wildman–Crippen MR) is 70.9 cm³/mol. The van der Waals surface area contributed by atoms with E-state index >= 15 is 0 Å². The lowest BCUT2D eigenvalue weighted by Crippen LogP contribution is -2.32. The minimum atomic E-state index is -2.50. The molecule has 1 aliphatic rings. The number of allylic oxidation sites excluding steroid dienone is 2. The van der Waals surface area contributed by atoms with Gasteiger partial charge in [-0.1, -0.05) is 6.58 Å². The minimum absolute atomic E-state index is 0.151. The maximum Gasteiger partial charge on any atom is 0.256 e. The van der Waals surface area contributed by atoms with Gasteiger partial charge in [-0.05, 0) is 28.6 Å². The van der Waals surface area contributed by atoms with Crippen LogP contribution in [0.1, 0.15) is 0 Å². The number of nitrogens with zero attached hydrogens (tertiary/aromatic N) is 2. The van der Waals surface area contributed by atoms with Gasteiger partial charge >= 0.3 is 0 Å². The molecular formula is C12H15BrF2N2O. The molecule has 0 aliphatic carbocycles. The highest BCUT2D eigenvalue weighted by Gasteiger charge is 2.24. The Morgan fingerprint density at radius 2 is 2.22 bits per heavy atom. The van der Waals surface area contributed by atoms with Crippen molar-refractivity contribution in [2.75, 3.05) is 20.7 Å². The van der Waals surface area contributed by atoms with Crippen molar-refractivity contribution in [2.24, 2.45) is 0 Å². The van der Waals surface area contributed by atoms with Crippen LogP contribution in [-0.2, 0) is 4.74 Å². The third-order valence-corrected chi connectivity index (χ3v) is 2.89. The molecule has 6 heteroatoms. The molecule has 0 aromatic carbocycles. The van der Waals surface area contributed by atoms with E-state index in [2.05, 4.69) is 29.1 Å². The summed E-state index contributed by atoms with van der Waals surface area (Å²) < 4.78 is 31.0. The van der Waals surface area contributed by atoms with E-state index in [1.54, 1.807) is 24.2 Å². The van der Waals surface area contributed by atoms with Crippen molar-refractivity contribution in [1.29, 1.82) is 0 Å². The molecule has 0 saturated carbocycles. The van der Waals surface area contributed by atoms with Gasteiger partial charge in [-0.15, -0.1) is 0 Å². The summed E-state index contributed by atoms with van der Waals surface area (Å²) in [6.45, 7) is 6.99. The highest BCUT2D eigenvalue weighted by molar-refractivity contribution is 9.11. The first-order valence-corrected chi connectivity index (χ1v) is 5.95. The second kappa shape index (κ2) is 6.04. The van der Waals surface area contributed by atoms with Crippen LogP contribution in [0, 0.1) is 0 Å². The van der Waals surface area contributed by atoms with E-state index in [0.29, 0.717) is 11.4 Å². The van der Waals surface area contributed by atoms with Crippen LogP contribution >= 0.6 is 15.9 Å². The molecule has 1 aliphatic heterocycles. The molecule has 18 heavy (non-hydrogen) atoms. The molecule has 0 amide bonds. The van der Waals surface area contributed by atoms with Gasteiger partial charge in [-0.3, -0.25) is 0 Å². The van der Waals surface area contributed by atoms with Crippen molar-refractivity contribution in [2.45, 2.75) is 6.43 Å². The van der Waals surface area contributed by atoms with Crippen LogP contribution in [0.25, 0.3) is 0 Å². The zero-order valence-electron chi connectivity index (χ0n) is 10.3. The van der Waals surface area contributed by atoms with Crippen LogP contribution in [0.15, 0.2) is 47.2 Å². The van der Waals surface area contributed by atoms with E-state index in [-0.39, 0.29) is 5.88 Å². The lowest BCUT2D eigenvalue weighted by molar-refractivity contribution is 0.0842. The quantitative estimate of drug-likeness (QED) is 0.723. The number of rotatable bonds is 5. The van der Waals surface area contributed by atoms with Crippen molar-refractivity contribution >= 4 is 15.9 Å². The van der Waals surface area contributed by atoms with Crippen molar-refractivity contribution in [1.82, 2.24) is 9.80 Å². The van der Waals surface area contributed by atoms with Gasteiger partial charge in [0.15, 0.2) is 5.88 Å². The number of hydrogen-bond donors (Lipinski definition) is 0. The molecule has 0 N–H and O–H groups in total. The molecule has 1 heterocycles. The molecule has 0 atom stereocenters. The number of hydrogen-bond acceptors (Lipinski definition) is 3. The van der Waals surface area contributed by atoms with E-state index < -0.39 is 13.0 Å². The molecule has 100 valence electrons. The lowest BCUT2D eigenvalue weighted by Gasteiger charge is -2.33. The Morgan fingerprint density at radius 3 is 2.72 bits per heavy atom. The number of halogens is 3. The van der Waals surface area contributed by atoms with Gasteiger partial charge in [-0.25, -0.2) is 8.78 Å². The Kier molecular flexibility index (Phi) is 4.95. The first kappa shape index (κ1) is 14.8. The van der Waals surface area contributed by atoms with E-state index in [4.69, 9.17) is 4.74 Å². The van der Waals surface area contributed by atoms with Crippen LogP contribution in [0.3, 0.4) is 0 Å². The summed E-state index contributed by atoms with van der Waals surface area (Å²) in [5.74, 6) is 0.151. The fourth-order valence-electron chi connectivity index (χ4n) is 1.51. The highest BCUT2D eigenvalue weighted by atomic mass is 79.9. The Labute approximate surface area is 114 Å². The van der Waals surface area contributed by atoms with Crippen molar-refractivity contribution in [3.63, 3.8) is 0 Å². The van der Waals surface area contributed by atoms with E-state index in [1.807, 2.05) is 0 Å². The van der Waals surface area contributed by atoms with Crippen molar-refractivity contribution in [3.05, 3.63) is 47.2 Å². The molecule has 3 nitrogen and oxygen atoms in total. The molecule has 1 rings (SSSR count). The van der Waals surface area contributed by atoms with Gasteiger partial charge < -0.3 is 14.5 Å². The Bertz CT molecular complexity index is 418. The summed E-state index contributed by atoms with van der Waals surface area (Å²) >= 11 is 3.32. The molecule has 0 bridgehead atoms. The fraction of sp³-hybridized carbons (Fsp3) is 0.333. The second-order valence-corrected chi connectivity index (χ2v) is 4.62. The number of likely N-dealkylation sites (N-methyl/N-ethyl adjacent to an activating group) is 1. The standard InChI is InChI=1S/C12H15BrF2N2O/c1-8-11(5-10(13)6-16(8)3)17(7-12(14)15)9(2)18-4/h5-6,12H,1-2,7H2,3-4H3. The predicted octanol–water partition coefficient (Wildman–Crippen LogP) is 3.25. The summed E-state index contributed by atoms with van der Waals surface area (Å²) in [6.07, 6.45) is 0.997. The number of ether oxygens (including phenoxy) is 1. The fourth-order valence-corrected chi connectivity index (χ4v) is 2.04. The van der Waals surface area contributed by atoms with Gasteiger partial charge in [0, 0.05) is 17.7 Å². The van der Waals surface area contributed by atoms with Crippen LogP contribution in [-0.4, -0.2) is 36.9 Å². The normalized spacial score (nSPS) is 15.4. The Hall–Kier alpha value is -1.30. The summed E-state index contributed by atoms with van der Waals surface area (Å²) in [5.41, 5.74) is 1.12. The zero-order valence-corrected chi connectivity index (χ0v) is 11.9. The SMILES string of the molecule is C=C1C(N(CC(F)F)C(=C)OC)=CC(Br)=CN1C. The van der Waals surface area contributed by atoms with Crippen molar-refractivity contribution < 1.29 is 13.5 Å². The Morgan fingerprint density at radius 1 is 1.61 bits per heavy atom. The molecule has 0 fully saturated rings. The van der Waals surface area contributed by atoms with E-state index in [0.717, 1.165) is 4.48 Å². The zero-order chi connectivity index (χ0) is 13.9. The summed E-state index contributed by atoms with van der Waals surface area (Å²) in [5, 5.41) is 0. The molecule has 0 saturated heterocycles. The Balaban J connectivity index is 3.08. The average molecular weight is 321 g/mol. The molecule has 0 radical (unpaired) electrons. The van der Waals surface area contributed by atoms with Crippen LogP contribution in [0.5, 0.6) is 0 Å². The summed E-state index contributed by atoms with van der Waals surface area (Å²) in [6, 6.07) is 0. The lowest BCUT2D eigenvalue weighted by atomic mass is 10.2. The van der Waals surface area contributed by atoms with Gasteiger partial charge in [0.1, 0.15) is 0 Å². The molecule has 0 spiro atoms. The second-order valence-electron chi connectivity index (χ2n) is 3.70. The van der Waals surface area contributed by atoms with Crippen LogP contribution in [0.2, 0.25) is 0 Å². The molecule has 0 aromatic heterocycles. The highest BCUT2D eigenvalue weighted by Crippen LogP contribution is 2.29. The van der Waals surface area contributed by atoms with Crippen molar-refractivity contribution in [3.8, 4) is 0 Å². The van der Waals surface area contributed by atoms with Gasteiger partial charge in [0.2, 0.25) is 0 Å². The number of alkyl halides is 2. The monoisotopic (exact) mass is 320 g/mol. The van der Waals surface area contributed by atoms with Gasteiger partial charge in [-0.2, -0.15) is 0 Å². The third kappa shape index (κ3) is 3.35. The first-order valence-electron chi connectivity index (χ1n) is 5.16. The summed E-state index contributed by atoms with van der Waals surface area (Å²) in [7, 11) is 3.17. The maximum atomic E-state index is 12.6. The van der Waals surface area contributed by atoms with E-state index in [9.17, 15) is 8.78 Å². The first-order chi connectivity index (χ1) is 8.36. The summed E-state index contributed by atoms with van der Waals surface area (Å²) in [4.78, 5) is 3.04. The largest absolute Gasteiger partial charge is 0.483 e. The smallest absolute Gasteiger partial charge is 0.256 e. The third-order valence-electron chi connectivity index (χ3n) is 2.46. The molecular weight excluding hydrogens is 306 g/mol. The van der Waals surface area contributed by atoms with Gasteiger partial charge in [0.05, 0.1) is 25.0 Å². The minimum Gasteiger partial charge on any atom is -0.483 e. The average Bonchev–Trinajstić information content (AvgIpc) is 2.29. The maximum absolute atomic E-state index is 12.6. The van der Waals surface area contributed by atoms with Crippen LogP contribution < -0.4 is 0 Å². The van der Waals surface area contributed by atoms with E-state index in [1.165, 1.54) is 12.0 Å².